The van der Waals surface area contributed by atoms with E-state index in [0.717, 1.165) is 24.3 Å². The number of likely N-dealkylation sites (N-methyl/N-ethyl adjacent to an activating group) is 1. The number of anilines is 1. The normalized spacial score (nSPS) is 12.7. The standard InChI is InChI=1S/C12H13ClN2O.C2HF3O2/c1-3-11(16)15(2)12-9-7-14-6-8(9)4-5-10(12)13;3-2(4,5)1(6)7/h3-5,14H,1,6-7H2,2H3;(H,6,7). The Morgan fingerprint density at radius 3 is 2.43 bits per heavy atom. The van der Waals surface area contributed by atoms with Gasteiger partial charge in [0.05, 0.1) is 10.7 Å². The first kappa shape index (κ1) is 19.0. The quantitative estimate of drug-likeness (QED) is 0.805. The van der Waals surface area contributed by atoms with Gasteiger partial charge in [-0.2, -0.15) is 13.2 Å². The predicted molar refractivity (Wildman–Crippen MR) is 79.3 cm³/mol. The minimum absolute atomic E-state index is 0.151. The number of carboxylic acid groups (broad SMARTS) is 1. The van der Waals surface area contributed by atoms with Crippen molar-refractivity contribution in [2.75, 3.05) is 11.9 Å². The highest BCUT2D eigenvalue weighted by Crippen LogP contribution is 2.34. The van der Waals surface area contributed by atoms with Crippen LogP contribution < -0.4 is 10.2 Å². The van der Waals surface area contributed by atoms with Crippen molar-refractivity contribution >= 4 is 29.2 Å². The molecule has 1 amide bonds. The Labute approximate surface area is 135 Å². The molecule has 23 heavy (non-hydrogen) atoms. The maximum Gasteiger partial charge on any atom is 0.490 e. The number of amides is 1. The Balaban J connectivity index is 0.000000322. The van der Waals surface area contributed by atoms with Gasteiger partial charge in [-0.15, -0.1) is 0 Å². The van der Waals surface area contributed by atoms with Gasteiger partial charge in [0, 0.05) is 20.1 Å². The molecule has 126 valence electrons. The van der Waals surface area contributed by atoms with E-state index in [1.807, 2.05) is 12.1 Å². The number of carbonyl (C=O) groups excluding carboxylic acids is 1. The molecule has 0 bridgehead atoms. The fourth-order valence-corrected chi connectivity index (χ4v) is 2.25. The smallest absolute Gasteiger partial charge is 0.475 e. The molecule has 0 aliphatic carbocycles. The highest BCUT2D eigenvalue weighted by molar-refractivity contribution is 6.34. The molecule has 0 saturated heterocycles. The van der Waals surface area contributed by atoms with Crippen LogP contribution in [0.3, 0.4) is 0 Å². The van der Waals surface area contributed by atoms with Crippen molar-refractivity contribution in [3.05, 3.63) is 40.9 Å². The van der Waals surface area contributed by atoms with Crippen LogP contribution in [-0.4, -0.2) is 30.2 Å². The lowest BCUT2D eigenvalue weighted by atomic mass is 10.1. The number of fused-ring (bicyclic) bond motifs is 1. The summed E-state index contributed by atoms with van der Waals surface area (Å²) in [5.41, 5.74) is 3.09. The zero-order valence-electron chi connectivity index (χ0n) is 12.1. The lowest BCUT2D eigenvalue weighted by molar-refractivity contribution is -0.192. The molecule has 0 saturated carbocycles. The summed E-state index contributed by atoms with van der Waals surface area (Å²) < 4.78 is 31.7. The monoisotopic (exact) mass is 350 g/mol. The van der Waals surface area contributed by atoms with Gasteiger partial charge in [0.25, 0.3) is 0 Å². The molecule has 1 heterocycles. The summed E-state index contributed by atoms with van der Waals surface area (Å²) in [4.78, 5) is 22.0. The fourth-order valence-electron chi connectivity index (χ4n) is 1.94. The number of benzene rings is 1. The van der Waals surface area contributed by atoms with Gasteiger partial charge < -0.3 is 15.3 Å². The first-order chi connectivity index (χ1) is 10.6. The van der Waals surface area contributed by atoms with Gasteiger partial charge in [-0.3, -0.25) is 4.79 Å². The fraction of sp³-hybridized carbons (Fsp3) is 0.286. The average molecular weight is 351 g/mol. The molecule has 2 rings (SSSR count). The summed E-state index contributed by atoms with van der Waals surface area (Å²) in [6.45, 7) is 5.06. The number of carbonyl (C=O) groups is 2. The summed E-state index contributed by atoms with van der Waals surface area (Å²) in [6.07, 6.45) is -3.79. The molecule has 9 heteroatoms. The Hall–Kier alpha value is -2.06. The lowest BCUT2D eigenvalue weighted by Gasteiger charge is -2.20. The molecule has 1 aliphatic rings. The van der Waals surface area contributed by atoms with Crippen LogP contribution in [0.4, 0.5) is 18.9 Å². The van der Waals surface area contributed by atoms with E-state index in [0.29, 0.717) is 5.02 Å². The van der Waals surface area contributed by atoms with Gasteiger partial charge in [0.2, 0.25) is 5.91 Å². The molecule has 0 atom stereocenters. The number of nitrogens with zero attached hydrogens (tertiary/aromatic N) is 1. The molecule has 0 fully saturated rings. The van der Waals surface area contributed by atoms with Crippen molar-refractivity contribution in [2.45, 2.75) is 19.3 Å². The van der Waals surface area contributed by atoms with Gasteiger partial charge in [0.1, 0.15) is 0 Å². The highest BCUT2D eigenvalue weighted by atomic mass is 35.5. The zero-order valence-corrected chi connectivity index (χ0v) is 12.8. The van der Waals surface area contributed by atoms with Crippen LogP contribution in [-0.2, 0) is 22.7 Å². The van der Waals surface area contributed by atoms with Crippen molar-refractivity contribution in [1.82, 2.24) is 5.32 Å². The van der Waals surface area contributed by atoms with Gasteiger partial charge >= 0.3 is 12.1 Å². The van der Waals surface area contributed by atoms with Crippen LogP contribution >= 0.6 is 11.6 Å². The first-order valence-electron chi connectivity index (χ1n) is 6.30. The van der Waals surface area contributed by atoms with Crippen molar-refractivity contribution in [1.29, 1.82) is 0 Å². The van der Waals surface area contributed by atoms with E-state index in [1.54, 1.807) is 11.9 Å². The largest absolute Gasteiger partial charge is 0.490 e. The number of halogens is 4. The molecule has 0 radical (unpaired) electrons. The van der Waals surface area contributed by atoms with E-state index in [-0.39, 0.29) is 5.91 Å². The second kappa shape index (κ2) is 7.47. The van der Waals surface area contributed by atoms with E-state index in [1.165, 1.54) is 11.6 Å². The Bertz CT molecular complexity index is 632. The number of hydrogen-bond acceptors (Lipinski definition) is 3. The van der Waals surface area contributed by atoms with E-state index < -0.39 is 12.1 Å². The summed E-state index contributed by atoms with van der Waals surface area (Å²) in [5.74, 6) is -2.91. The number of rotatable bonds is 2. The van der Waals surface area contributed by atoms with Gasteiger partial charge in [-0.25, -0.2) is 4.79 Å². The summed E-state index contributed by atoms with van der Waals surface area (Å²) in [7, 11) is 1.71. The van der Waals surface area contributed by atoms with Crippen molar-refractivity contribution < 1.29 is 27.9 Å². The molecular formula is C14H14ClF3N2O3. The highest BCUT2D eigenvalue weighted by Gasteiger charge is 2.38. The van der Waals surface area contributed by atoms with Gasteiger partial charge in [0.15, 0.2) is 0 Å². The molecule has 1 aromatic carbocycles. The lowest BCUT2D eigenvalue weighted by Crippen LogP contribution is -2.25. The number of hydrogen-bond donors (Lipinski definition) is 2. The number of aliphatic carboxylic acids is 1. The van der Waals surface area contributed by atoms with Gasteiger partial charge in [-0.1, -0.05) is 24.2 Å². The van der Waals surface area contributed by atoms with E-state index in [2.05, 4.69) is 11.9 Å². The van der Waals surface area contributed by atoms with Crippen LogP contribution in [0.5, 0.6) is 0 Å². The number of alkyl halides is 3. The molecule has 0 spiro atoms. The molecule has 1 aliphatic heterocycles. The van der Waals surface area contributed by atoms with Crippen molar-refractivity contribution in [3.63, 3.8) is 0 Å². The van der Waals surface area contributed by atoms with E-state index >= 15 is 0 Å². The van der Waals surface area contributed by atoms with Crippen LogP contribution in [0.25, 0.3) is 0 Å². The summed E-state index contributed by atoms with van der Waals surface area (Å²) in [6, 6.07) is 3.82. The minimum Gasteiger partial charge on any atom is -0.475 e. The molecular weight excluding hydrogens is 337 g/mol. The van der Waals surface area contributed by atoms with Crippen LogP contribution in [0.2, 0.25) is 5.02 Å². The van der Waals surface area contributed by atoms with E-state index in [9.17, 15) is 18.0 Å². The summed E-state index contributed by atoms with van der Waals surface area (Å²) in [5, 5.41) is 11.0. The first-order valence-corrected chi connectivity index (χ1v) is 6.68. The third-order valence-corrected chi connectivity index (χ3v) is 3.34. The van der Waals surface area contributed by atoms with Crippen LogP contribution in [0, 0.1) is 0 Å². The molecule has 2 N–H and O–H groups in total. The Kier molecular flexibility index (Phi) is 6.17. The van der Waals surface area contributed by atoms with Gasteiger partial charge in [-0.05, 0) is 23.3 Å². The van der Waals surface area contributed by atoms with Crippen molar-refractivity contribution in [3.8, 4) is 0 Å². The molecule has 5 nitrogen and oxygen atoms in total. The van der Waals surface area contributed by atoms with Crippen LogP contribution in [0.15, 0.2) is 24.8 Å². The molecule has 0 unspecified atom stereocenters. The second-order valence-electron chi connectivity index (χ2n) is 4.54. The third kappa shape index (κ3) is 4.70. The zero-order chi connectivity index (χ0) is 17.8. The molecule has 1 aromatic rings. The second-order valence-corrected chi connectivity index (χ2v) is 4.95. The van der Waals surface area contributed by atoms with Crippen LogP contribution in [0.1, 0.15) is 11.1 Å². The topological polar surface area (TPSA) is 69.6 Å². The minimum atomic E-state index is -5.08. The predicted octanol–water partition coefficient (Wildman–Crippen LogP) is 2.73. The SMILES string of the molecule is C=CC(=O)N(C)c1c(Cl)ccc2c1CNC2.O=C(O)C(F)(F)F. The third-order valence-electron chi connectivity index (χ3n) is 3.03. The number of carboxylic acids is 1. The average Bonchev–Trinajstić information content (AvgIpc) is 2.93. The Morgan fingerprint density at radius 2 is 1.96 bits per heavy atom. The maximum absolute atomic E-state index is 11.6. The molecule has 0 aromatic heterocycles. The Morgan fingerprint density at radius 1 is 1.39 bits per heavy atom. The van der Waals surface area contributed by atoms with E-state index in [4.69, 9.17) is 21.5 Å². The van der Waals surface area contributed by atoms with Crippen molar-refractivity contribution in [2.24, 2.45) is 0 Å². The maximum atomic E-state index is 11.6. The number of nitrogens with one attached hydrogen (secondary N) is 1. The summed E-state index contributed by atoms with van der Waals surface area (Å²) >= 11 is 6.15.